The highest BCUT2D eigenvalue weighted by atomic mass is 16.3. The highest BCUT2D eigenvalue weighted by Gasteiger charge is 2.39. The molecule has 1 aromatic heterocycles. The van der Waals surface area contributed by atoms with Gasteiger partial charge in [-0.1, -0.05) is 13.8 Å². The minimum atomic E-state index is -1.36. The zero-order valence-corrected chi connectivity index (χ0v) is 19.5. The maximum Gasteiger partial charge on any atom is 0.246 e. The number of nitrogens with two attached hydrogens (primary N) is 1. The fourth-order valence-electron chi connectivity index (χ4n) is 3.79. The molecular weight excluding hydrogens is 446 g/mol. The third-order valence-electron chi connectivity index (χ3n) is 5.58. The Balaban J connectivity index is 2.05. The minimum Gasteiger partial charge on any atom is -0.394 e. The van der Waals surface area contributed by atoms with Crippen LogP contribution in [0.5, 0.6) is 0 Å². The molecule has 1 fully saturated rings. The van der Waals surface area contributed by atoms with Gasteiger partial charge in [0.25, 0.3) is 0 Å². The highest BCUT2D eigenvalue weighted by Crippen LogP contribution is 2.20. The van der Waals surface area contributed by atoms with Crippen LogP contribution in [0.2, 0.25) is 0 Å². The van der Waals surface area contributed by atoms with Gasteiger partial charge >= 0.3 is 0 Å². The molecule has 0 radical (unpaired) electrons. The van der Waals surface area contributed by atoms with Crippen LogP contribution in [0.1, 0.15) is 39.3 Å². The monoisotopic (exact) mass is 479 g/mol. The third kappa shape index (κ3) is 7.01. The number of hydrogen-bond acceptors (Lipinski definition) is 7. The normalized spacial score (nSPS) is 18.1. The van der Waals surface area contributed by atoms with E-state index in [-0.39, 0.29) is 24.2 Å². The van der Waals surface area contributed by atoms with Gasteiger partial charge in [0.2, 0.25) is 29.5 Å². The number of carbonyl (C=O) groups excluding carboxylic acids is 5. The van der Waals surface area contributed by atoms with Crippen LogP contribution in [-0.4, -0.2) is 86.8 Å². The third-order valence-corrected chi connectivity index (χ3v) is 5.58. The smallest absolute Gasteiger partial charge is 0.246 e. The fraction of sp³-hybridized carbons (Fsp3) is 0.619. The van der Waals surface area contributed by atoms with Gasteiger partial charge in [-0.25, -0.2) is 4.98 Å². The first-order chi connectivity index (χ1) is 16.0. The highest BCUT2D eigenvalue weighted by molar-refractivity contribution is 5.95. The summed E-state index contributed by atoms with van der Waals surface area (Å²) in [7, 11) is 0. The second-order valence-electron chi connectivity index (χ2n) is 8.60. The Morgan fingerprint density at radius 1 is 1.21 bits per heavy atom. The van der Waals surface area contributed by atoms with E-state index in [1.165, 1.54) is 24.3 Å². The van der Waals surface area contributed by atoms with Crippen LogP contribution >= 0.6 is 0 Å². The second kappa shape index (κ2) is 12.1. The topological polar surface area (TPSA) is 200 Å². The number of rotatable bonds is 11. The Morgan fingerprint density at radius 3 is 2.44 bits per heavy atom. The standard InChI is InChI=1S/C21H33N7O6/c1-11(2)17(25-12(3)30)21(34)28-6-4-5-16(28)20(33)27-15(9-29)19(32)26-14(18(22)31)7-13-8-23-10-24-13/h8,10-11,14-17,29H,4-7,9H2,1-3H3,(H2,22,31)(H,23,24)(H,25,30)(H,26,32)(H,27,33). The number of nitrogens with zero attached hydrogens (tertiary/aromatic N) is 2. The molecule has 0 saturated carbocycles. The van der Waals surface area contributed by atoms with Crippen molar-refractivity contribution in [3.63, 3.8) is 0 Å². The summed E-state index contributed by atoms with van der Waals surface area (Å²) in [5.41, 5.74) is 5.93. The Labute approximate surface area is 197 Å². The summed E-state index contributed by atoms with van der Waals surface area (Å²) in [5, 5.41) is 17.2. The van der Waals surface area contributed by atoms with Crippen LogP contribution in [0.25, 0.3) is 0 Å². The number of aliphatic hydroxyl groups is 1. The summed E-state index contributed by atoms with van der Waals surface area (Å²) in [6.07, 6.45) is 3.88. The van der Waals surface area contributed by atoms with Gasteiger partial charge in [0, 0.05) is 31.8 Å². The van der Waals surface area contributed by atoms with E-state index >= 15 is 0 Å². The molecule has 1 saturated heterocycles. The zero-order chi connectivity index (χ0) is 25.4. The number of imidazole rings is 1. The molecule has 2 heterocycles. The van der Waals surface area contributed by atoms with Crippen molar-refractivity contribution >= 4 is 29.5 Å². The molecule has 34 heavy (non-hydrogen) atoms. The van der Waals surface area contributed by atoms with Gasteiger partial charge < -0.3 is 36.7 Å². The predicted octanol–water partition coefficient (Wildman–Crippen LogP) is -2.45. The van der Waals surface area contributed by atoms with Crippen molar-refractivity contribution in [3.8, 4) is 0 Å². The van der Waals surface area contributed by atoms with Crippen molar-refractivity contribution in [1.29, 1.82) is 0 Å². The number of amides is 5. The molecule has 13 nitrogen and oxygen atoms in total. The molecule has 4 atom stereocenters. The average molecular weight is 480 g/mol. The largest absolute Gasteiger partial charge is 0.394 e. The lowest BCUT2D eigenvalue weighted by Crippen LogP contribution is -2.59. The summed E-state index contributed by atoms with van der Waals surface area (Å²) in [4.78, 5) is 69.9. The lowest BCUT2D eigenvalue weighted by atomic mass is 10.0. The molecular formula is C21H33N7O6. The number of aromatic nitrogens is 2. The SMILES string of the molecule is CC(=O)NC(C(=O)N1CCCC1C(=O)NC(CO)C(=O)NC(Cc1cnc[nH]1)C(N)=O)C(C)C. The Morgan fingerprint density at radius 2 is 1.91 bits per heavy atom. The van der Waals surface area contributed by atoms with Gasteiger partial charge in [0.15, 0.2) is 0 Å². The van der Waals surface area contributed by atoms with Crippen molar-refractivity contribution < 1.29 is 29.1 Å². The predicted molar refractivity (Wildman–Crippen MR) is 120 cm³/mol. The van der Waals surface area contributed by atoms with Crippen LogP contribution in [-0.2, 0) is 30.4 Å². The van der Waals surface area contributed by atoms with Crippen LogP contribution < -0.4 is 21.7 Å². The fourth-order valence-corrected chi connectivity index (χ4v) is 3.79. The molecule has 0 bridgehead atoms. The van der Waals surface area contributed by atoms with Gasteiger partial charge in [0.1, 0.15) is 24.2 Å². The quantitative estimate of drug-likeness (QED) is 0.202. The first-order valence-corrected chi connectivity index (χ1v) is 11.1. The first kappa shape index (κ1) is 26.8. The Kier molecular flexibility index (Phi) is 9.54. The van der Waals surface area contributed by atoms with E-state index in [1.54, 1.807) is 13.8 Å². The van der Waals surface area contributed by atoms with Crippen LogP contribution in [0.4, 0.5) is 0 Å². The van der Waals surface area contributed by atoms with Crippen molar-refractivity contribution in [2.75, 3.05) is 13.2 Å². The molecule has 1 aliphatic rings. The van der Waals surface area contributed by atoms with E-state index in [0.29, 0.717) is 25.1 Å². The zero-order valence-electron chi connectivity index (χ0n) is 19.5. The average Bonchev–Trinajstić information content (AvgIpc) is 3.46. The molecule has 7 N–H and O–H groups in total. The molecule has 2 rings (SSSR count). The summed E-state index contributed by atoms with van der Waals surface area (Å²) in [6, 6.07) is -4.10. The molecule has 0 aliphatic carbocycles. The number of H-pyrrole nitrogens is 1. The summed E-state index contributed by atoms with van der Waals surface area (Å²) in [6.45, 7) is 4.48. The van der Waals surface area contributed by atoms with Crippen molar-refractivity contribution in [1.82, 2.24) is 30.8 Å². The number of likely N-dealkylation sites (tertiary alicyclic amines) is 1. The van der Waals surface area contributed by atoms with Gasteiger partial charge in [-0.05, 0) is 18.8 Å². The second-order valence-corrected chi connectivity index (χ2v) is 8.60. The van der Waals surface area contributed by atoms with Gasteiger partial charge in [0.05, 0.1) is 12.9 Å². The number of hydrogen-bond donors (Lipinski definition) is 6. The number of aromatic amines is 1. The molecule has 5 amide bonds. The van der Waals surface area contributed by atoms with Crippen LogP contribution in [0, 0.1) is 5.92 Å². The molecule has 1 aromatic rings. The lowest BCUT2D eigenvalue weighted by Gasteiger charge is -2.31. The van der Waals surface area contributed by atoms with Gasteiger partial charge in [-0.3, -0.25) is 24.0 Å². The van der Waals surface area contributed by atoms with Gasteiger partial charge in [-0.15, -0.1) is 0 Å². The van der Waals surface area contributed by atoms with Crippen molar-refractivity contribution in [3.05, 3.63) is 18.2 Å². The van der Waals surface area contributed by atoms with E-state index in [4.69, 9.17) is 5.73 Å². The molecule has 0 spiro atoms. The number of carbonyl (C=O) groups is 5. The minimum absolute atomic E-state index is 0.0534. The molecule has 188 valence electrons. The molecule has 4 unspecified atom stereocenters. The molecule has 0 aromatic carbocycles. The van der Waals surface area contributed by atoms with Gasteiger partial charge in [-0.2, -0.15) is 0 Å². The molecule has 13 heteroatoms. The number of nitrogens with one attached hydrogen (secondary N) is 4. The van der Waals surface area contributed by atoms with Crippen molar-refractivity contribution in [2.45, 2.75) is 64.2 Å². The first-order valence-electron chi connectivity index (χ1n) is 11.1. The van der Waals surface area contributed by atoms with E-state index in [1.807, 2.05) is 0 Å². The number of primary amides is 1. The summed E-state index contributed by atoms with van der Waals surface area (Å²) < 4.78 is 0. The van der Waals surface area contributed by atoms with E-state index in [0.717, 1.165) is 0 Å². The lowest BCUT2D eigenvalue weighted by molar-refractivity contribution is -0.143. The van der Waals surface area contributed by atoms with Crippen LogP contribution in [0.15, 0.2) is 12.5 Å². The number of aliphatic hydroxyl groups excluding tert-OH is 1. The maximum absolute atomic E-state index is 13.0. The van der Waals surface area contributed by atoms with E-state index < -0.39 is 48.5 Å². The van der Waals surface area contributed by atoms with Crippen LogP contribution in [0.3, 0.4) is 0 Å². The Bertz CT molecular complexity index is 888. The maximum atomic E-state index is 13.0. The summed E-state index contributed by atoms with van der Waals surface area (Å²) in [5.74, 6) is -3.15. The Hall–Kier alpha value is -3.48. The van der Waals surface area contributed by atoms with E-state index in [9.17, 15) is 29.1 Å². The summed E-state index contributed by atoms with van der Waals surface area (Å²) >= 11 is 0. The van der Waals surface area contributed by atoms with Crippen molar-refractivity contribution in [2.24, 2.45) is 11.7 Å². The molecule has 1 aliphatic heterocycles. The van der Waals surface area contributed by atoms with E-state index in [2.05, 4.69) is 25.9 Å².